The molecule has 21 heavy (non-hydrogen) atoms. The van der Waals surface area contributed by atoms with Gasteiger partial charge in [0.25, 0.3) is 10.0 Å². The molecule has 1 aromatic heterocycles. The van der Waals surface area contributed by atoms with Crippen molar-refractivity contribution < 1.29 is 8.42 Å². The molecule has 1 N–H and O–H groups in total. The second-order valence-electron chi connectivity index (χ2n) is 5.67. The van der Waals surface area contributed by atoms with E-state index in [9.17, 15) is 8.42 Å². The molecule has 6 heteroatoms. The molecule has 0 aromatic carbocycles. The Morgan fingerprint density at radius 2 is 2.05 bits per heavy atom. The van der Waals surface area contributed by atoms with Gasteiger partial charge in [0.05, 0.1) is 0 Å². The maximum atomic E-state index is 12.6. The number of rotatable bonds is 6. The molecule has 1 saturated heterocycles. The van der Waals surface area contributed by atoms with Gasteiger partial charge < -0.3 is 5.32 Å². The second kappa shape index (κ2) is 7.33. The highest BCUT2D eigenvalue weighted by molar-refractivity contribution is 7.89. The summed E-state index contributed by atoms with van der Waals surface area (Å²) in [4.78, 5) is 4.13. The van der Waals surface area contributed by atoms with E-state index < -0.39 is 10.0 Å². The summed E-state index contributed by atoms with van der Waals surface area (Å²) in [7, 11) is -1.58. The summed E-state index contributed by atoms with van der Waals surface area (Å²) >= 11 is 0. The molecule has 0 saturated carbocycles. The fourth-order valence-electron chi connectivity index (χ4n) is 2.85. The van der Waals surface area contributed by atoms with Crippen LogP contribution in [0.25, 0.3) is 0 Å². The third-order valence-electron chi connectivity index (χ3n) is 4.05. The van der Waals surface area contributed by atoms with E-state index in [1.807, 2.05) is 13.1 Å². The number of piperidine rings is 1. The van der Waals surface area contributed by atoms with E-state index in [1.165, 1.54) is 12.8 Å². The van der Waals surface area contributed by atoms with Crippen LogP contribution in [0.3, 0.4) is 0 Å². The molecule has 0 spiro atoms. The third kappa shape index (κ3) is 4.02. The van der Waals surface area contributed by atoms with Gasteiger partial charge in [-0.05, 0) is 37.4 Å². The molecule has 0 aliphatic carbocycles. The van der Waals surface area contributed by atoms with Gasteiger partial charge >= 0.3 is 0 Å². The number of sulfonamides is 1. The highest BCUT2D eigenvalue weighted by Gasteiger charge is 2.29. The summed E-state index contributed by atoms with van der Waals surface area (Å²) < 4.78 is 26.7. The van der Waals surface area contributed by atoms with Crippen LogP contribution in [0.1, 0.15) is 38.2 Å². The molecule has 0 amide bonds. The van der Waals surface area contributed by atoms with Crippen LogP contribution < -0.4 is 5.32 Å². The van der Waals surface area contributed by atoms with Gasteiger partial charge in [-0.2, -0.15) is 4.31 Å². The van der Waals surface area contributed by atoms with E-state index in [2.05, 4.69) is 17.2 Å². The Labute approximate surface area is 127 Å². The first-order valence-corrected chi connectivity index (χ1v) is 9.11. The van der Waals surface area contributed by atoms with Gasteiger partial charge in [-0.3, -0.25) is 0 Å². The van der Waals surface area contributed by atoms with Crippen LogP contribution in [0.4, 0.5) is 0 Å². The first kappa shape index (κ1) is 16.4. The summed E-state index contributed by atoms with van der Waals surface area (Å²) in [5, 5.41) is 3.19. The van der Waals surface area contributed by atoms with E-state index in [4.69, 9.17) is 0 Å². The summed E-state index contributed by atoms with van der Waals surface area (Å²) in [5.74, 6) is 0.674. The van der Waals surface area contributed by atoms with Gasteiger partial charge in [0, 0.05) is 25.8 Å². The van der Waals surface area contributed by atoms with Crippen LogP contribution in [0.2, 0.25) is 0 Å². The van der Waals surface area contributed by atoms with E-state index in [0.29, 0.717) is 25.6 Å². The summed E-state index contributed by atoms with van der Waals surface area (Å²) in [6, 6.07) is 3.43. The van der Waals surface area contributed by atoms with Crippen LogP contribution in [0.5, 0.6) is 0 Å². The largest absolute Gasteiger partial charge is 0.316 e. The van der Waals surface area contributed by atoms with Gasteiger partial charge in [0.15, 0.2) is 5.03 Å². The van der Waals surface area contributed by atoms with Crippen molar-refractivity contribution in [1.29, 1.82) is 0 Å². The number of nitrogens with one attached hydrogen (secondary N) is 1. The van der Waals surface area contributed by atoms with Crippen LogP contribution in [0.15, 0.2) is 23.4 Å². The Hall–Kier alpha value is -0.980. The standard InChI is InChI=1S/C15H25N3O2S/c1-3-4-13-7-9-18(10-8-13)21(19,20)15-6-5-14(11-16-2)12-17-15/h5-6,12-13,16H,3-4,7-11H2,1-2H3. The van der Waals surface area contributed by atoms with Gasteiger partial charge in [0.2, 0.25) is 0 Å². The number of pyridine rings is 1. The number of aromatic nitrogens is 1. The fourth-order valence-corrected chi connectivity index (χ4v) is 4.23. The first-order chi connectivity index (χ1) is 10.1. The average molecular weight is 311 g/mol. The number of nitrogens with zero attached hydrogens (tertiary/aromatic N) is 2. The van der Waals surface area contributed by atoms with E-state index in [0.717, 1.165) is 18.4 Å². The second-order valence-corrected chi connectivity index (χ2v) is 7.56. The van der Waals surface area contributed by atoms with Gasteiger partial charge in [0.1, 0.15) is 0 Å². The van der Waals surface area contributed by atoms with Crippen LogP contribution in [-0.4, -0.2) is 37.8 Å². The molecule has 0 bridgehead atoms. The van der Waals surface area contributed by atoms with Crippen molar-refractivity contribution in [1.82, 2.24) is 14.6 Å². The van der Waals surface area contributed by atoms with Crippen molar-refractivity contribution in [2.45, 2.75) is 44.2 Å². The molecule has 1 aromatic rings. The molecule has 2 heterocycles. The van der Waals surface area contributed by atoms with E-state index in [1.54, 1.807) is 16.6 Å². The van der Waals surface area contributed by atoms with Crippen molar-refractivity contribution in [3.63, 3.8) is 0 Å². The Morgan fingerprint density at radius 3 is 2.57 bits per heavy atom. The zero-order valence-electron chi connectivity index (χ0n) is 12.9. The quantitative estimate of drug-likeness (QED) is 0.873. The van der Waals surface area contributed by atoms with Gasteiger partial charge in [-0.25, -0.2) is 13.4 Å². The fraction of sp³-hybridized carbons (Fsp3) is 0.667. The van der Waals surface area contributed by atoms with Crippen molar-refractivity contribution in [3.8, 4) is 0 Å². The number of hydrogen-bond acceptors (Lipinski definition) is 4. The monoisotopic (exact) mass is 311 g/mol. The molecule has 118 valence electrons. The molecule has 0 atom stereocenters. The molecular formula is C15H25N3O2S. The summed E-state index contributed by atoms with van der Waals surface area (Å²) in [5.41, 5.74) is 0.984. The van der Waals surface area contributed by atoms with Crippen LogP contribution in [0, 0.1) is 5.92 Å². The average Bonchev–Trinajstić information content (AvgIpc) is 2.49. The van der Waals surface area contributed by atoms with Crippen molar-refractivity contribution >= 4 is 10.0 Å². The zero-order valence-corrected chi connectivity index (χ0v) is 13.7. The molecule has 0 radical (unpaired) electrons. The summed E-state index contributed by atoms with van der Waals surface area (Å²) in [6.07, 6.45) is 5.93. The molecular weight excluding hydrogens is 286 g/mol. The van der Waals surface area contributed by atoms with Crippen molar-refractivity contribution in [3.05, 3.63) is 23.9 Å². The highest BCUT2D eigenvalue weighted by Crippen LogP contribution is 2.25. The molecule has 5 nitrogen and oxygen atoms in total. The Kier molecular flexibility index (Phi) is 5.72. The smallest absolute Gasteiger partial charge is 0.260 e. The van der Waals surface area contributed by atoms with Crippen molar-refractivity contribution in [2.24, 2.45) is 5.92 Å². The SMILES string of the molecule is CCCC1CCN(S(=O)(=O)c2ccc(CNC)cn2)CC1. The Bertz CT molecular complexity index is 535. The topological polar surface area (TPSA) is 62.3 Å². The van der Waals surface area contributed by atoms with Crippen molar-refractivity contribution in [2.75, 3.05) is 20.1 Å². The molecule has 1 aliphatic rings. The maximum Gasteiger partial charge on any atom is 0.260 e. The summed E-state index contributed by atoms with van der Waals surface area (Å²) in [6.45, 7) is 4.11. The highest BCUT2D eigenvalue weighted by atomic mass is 32.2. The molecule has 2 rings (SSSR count). The predicted octanol–water partition coefficient (Wildman–Crippen LogP) is 2.00. The Balaban J connectivity index is 2.04. The van der Waals surface area contributed by atoms with E-state index in [-0.39, 0.29) is 5.03 Å². The predicted molar refractivity (Wildman–Crippen MR) is 83.4 cm³/mol. The minimum atomic E-state index is -3.43. The lowest BCUT2D eigenvalue weighted by molar-refractivity contribution is 0.262. The van der Waals surface area contributed by atoms with Gasteiger partial charge in [-0.1, -0.05) is 25.8 Å². The lowest BCUT2D eigenvalue weighted by Gasteiger charge is -2.30. The first-order valence-electron chi connectivity index (χ1n) is 7.67. The lowest BCUT2D eigenvalue weighted by Crippen LogP contribution is -2.38. The maximum absolute atomic E-state index is 12.6. The zero-order chi connectivity index (χ0) is 15.3. The number of hydrogen-bond donors (Lipinski definition) is 1. The minimum absolute atomic E-state index is 0.163. The minimum Gasteiger partial charge on any atom is -0.316 e. The molecule has 1 fully saturated rings. The Morgan fingerprint density at radius 1 is 1.33 bits per heavy atom. The van der Waals surface area contributed by atoms with Gasteiger partial charge in [-0.15, -0.1) is 0 Å². The third-order valence-corrected chi connectivity index (χ3v) is 5.87. The normalized spacial score (nSPS) is 18.0. The van der Waals surface area contributed by atoms with E-state index >= 15 is 0 Å². The molecule has 0 unspecified atom stereocenters. The lowest BCUT2D eigenvalue weighted by atomic mass is 9.94. The van der Waals surface area contributed by atoms with Crippen LogP contribution >= 0.6 is 0 Å². The van der Waals surface area contributed by atoms with Crippen LogP contribution in [-0.2, 0) is 16.6 Å². The molecule has 1 aliphatic heterocycles.